The van der Waals surface area contributed by atoms with Crippen LogP contribution in [0, 0.1) is 24.4 Å². The van der Waals surface area contributed by atoms with Crippen LogP contribution < -0.4 is 5.32 Å². The molecule has 0 radical (unpaired) electrons. The van der Waals surface area contributed by atoms with Gasteiger partial charge in [0, 0.05) is 18.3 Å². The normalized spacial score (nSPS) is 11.9. The van der Waals surface area contributed by atoms with Gasteiger partial charge in [-0.05, 0) is 61.0 Å². The number of allylic oxidation sites excluding steroid dienone is 2. The van der Waals surface area contributed by atoms with E-state index in [1.165, 1.54) is 47.1 Å². The molecule has 1 N–H and O–H groups in total. The Kier molecular flexibility index (Phi) is 7.49. The summed E-state index contributed by atoms with van der Waals surface area (Å²) >= 11 is 0. The van der Waals surface area contributed by atoms with Crippen molar-refractivity contribution in [2.24, 2.45) is 7.05 Å². The molecule has 4 aromatic rings. The molecule has 0 aliphatic rings. The summed E-state index contributed by atoms with van der Waals surface area (Å²) in [5.41, 5.74) is -0.527. The van der Waals surface area contributed by atoms with E-state index in [1.54, 1.807) is 14.0 Å². The predicted molar refractivity (Wildman–Crippen MR) is 136 cm³/mol. The molecule has 0 saturated heterocycles. The number of rotatable bonds is 6. The lowest BCUT2D eigenvalue weighted by molar-refractivity contribution is -0.137. The standard InChI is InChI=1S/C29H21F6N3O/c1-4-6-20(26-16(2)36-27(38(26)3)21-7-5-8-24(31)25(21)32)17-9-14-23(29(33,34)35)22(15-17)28(39)37-19-12-10-18(30)11-13-19/h4-15H,1H2,2-3H3,(H,37,39)/b20-6-. The molecule has 0 atom stereocenters. The summed E-state index contributed by atoms with van der Waals surface area (Å²) in [5.74, 6) is -3.69. The highest BCUT2D eigenvalue weighted by atomic mass is 19.4. The van der Waals surface area contributed by atoms with Gasteiger partial charge in [0.1, 0.15) is 11.6 Å². The topological polar surface area (TPSA) is 46.9 Å². The predicted octanol–water partition coefficient (Wildman–Crippen LogP) is 7.70. The second kappa shape index (κ2) is 10.6. The number of imidazole rings is 1. The van der Waals surface area contributed by atoms with E-state index in [1.807, 2.05) is 0 Å². The quantitative estimate of drug-likeness (QED) is 0.201. The summed E-state index contributed by atoms with van der Waals surface area (Å²) in [4.78, 5) is 17.4. The van der Waals surface area contributed by atoms with Crippen LogP contribution in [-0.4, -0.2) is 15.5 Å². The Bertz CT molecular complexity index is 1600. The molecule has 1 amide bonds. The number of alkyl halides is 3. The molecule has 0 bridgehead atoms. The minimum Gasteiger partial charge on any atom is -0.327 e. The number of aryl methyl sites for hydroxylation is 1. The van der Waals surface area contributed by atoms with Gasteiger partial charge in [-0.2, -0.15) is 13.2 Å². The maximum absolute atomic E-state index is 14.5. The molecular weight excluding hydrogens is 520 g/mol. The Balaban J connectivity index is 1.85. The third-order valence-corrected chi connectivity index (χ3v) is 5.98. The van der Waals surface area contributed by atoms with Gasteiger partial charge < -0.3 is 9.88 Å². The van der Waals surface area contributed by atoms with E-state index in [0.29, 0.717) is 17.0 Å². The smallest absolute Gasteiger partial charge is 0.327 e. The molecule has 0 spiro atoms. The van der Waals surface area contributed by atoms with Gasteiger partial charge in [0.15, 0.2) is 11.6 Å². The molecule has 0 unspecified atom stereocenters. The zero-order valence-corrected chi connectivity index (χ0v) is 20.7. The minimum atomic E-state index is -4.85. The van der Waals surface area contributed by atoms with E-state index in [2.05, 4.69) is 16.9 Å². The zero-order chi connectivity index (χ0) is 28.5. The molecule has 4 rings (SSSR count). The summed E-state index contributed by atoms with van der Waals surface area (Å²) in [5, 5.41) is 2.36. The number of hydrogen-bond acceptors (Lipinski definition) is 2. The van der Waals surface area contributed by atoms with Gasteiger partial charge in [-0.1, -0.05) is 30.9 Å². The van der Waals surface area contributed by atoms with Crippen molar-refractivity contribution in [1.82, 2.24) is 9.55 Å². The van der Waals surface area contributed by atoms with Crippen LogP contribution in [0.4, 0.5) is 32.0 Å². The Hall–Kier alpha value is -4.60. The number of aromatic nitrogens is 2. The molecule has 0 aliphatic heterocycles. The van der Waals surface area contributed by atoms with E-state index >= 15 is 0 Å². The van der Waals surface area contributed by atoms with Gasteiger partial charge in [-0.15, -0.1) is 0 Å². The Morgan fingerprint density at radius 2 is 1.72 bits per heavy atom. The van der Waals surface area contributed by atoms with Crippen molar-refractivity contribution >= 4 is 17.2 Å². The second-order valence-electron chi connectivity index (χ2n) is 8.57. The van der Waals surface area contributed by atoms with Crippen LogP contribution in [0.2, 0.25) is 0 Å². The van der Waals surface area contributed by atoms with Crippen LogP contribution in [0.25, 0.3) is 17.0 Å². The van der Waals surface area contributed by atoms with E-state index in [0.717, 1.165) is 30.3 Å². The van der Waals surface area contributed by atoms with Gasteiger partial charge in [0.05, 0.1) is 28.1 Å². The highest BCUT2D eigenvalue weighted by molar-refractivity contribution is 6.06. The third-order valence-electron chi connectivity index (χ3n) is 5.98. The molecule has 1 heterocycles. The number of carbonyl (C=O) groups is 1. The Morgan fingerprint density at radius 1 is 1.03 bits per heavy atom. The lowest BCUT2D eigenvalue weighted by Gasteiger charge is -2.17. The van der Waals surface area contributed by atoms with E-state index in [9.17, 15) is 31.1 Å². The van der Waals surface area contributed by atoms with Crippen LogP contribution >= 0.6 is 0 Å². The molecule has 0 aliphatic carbocycles. The summed E-state index contributed by atoms with van der Waals surface area (Å²) < 4.78 is 84.7. The number of carbonyl (C=O) groups excluding carboxylic acids is 1. The average molecular weight is 541 g/mol. The van der Waals surface area contributed by atoms with Crippen LogP contribution in [0.5, 0.6) is 0 Å². The molecule has 10 heteroatoms. The van der Waals surface area contributed by atoms with Crippen molar-refractivity contribution in [3.63, 3.8) is 0 Å². The number of hydrogen-bond donors (Lipinski definition) is 1. The fourth-order valence-electron chi connectivity index (χ4n) is 4.24. The maximum Gasteiger partial charge on any atom is 0.417 e. The number of halogens is 6. The second-order valence-corrected chi connectivity index (χ2v) is 8.57. The number of anilines is 1. The molecule has 39 heavy (non-hydrogen) atoms. The molecule has 200 valence electrons. The van der Waals surface area contributed by atoms with Crippen molar-refractivity contribution in [2.45, 2.75) is 13.1 Å². The molecule has 0 fully saturated rings. The van der Waals surface area contributed by atoms with Gasteiger partial charge in [-0.3, -0.25) is 4.79 Å². The third kappa shape index (κ3) is 5.50. The summed E-state index contributed by atoms with van der Waals surface area (Å²) in [6.45, 7) is 5.28. The van der Waals surface area contributed by atoms with Crippen molar-refractivity contribution in [3.05, 3.63) is 125 Å². The van der Waals surface area contributed by atoms with Crippen LogP contribution in [-0.2, 0) is 13.2 Å². The van der Waals surface area contributed by atoms with Crippen LogP contribution in [0.1, 0.15) is 32.9 Å². The zero-order valence-electron chi connectivity index (χ0n) is 20.7. The monoisotopic (exact) mass is 541 g/mol. The van der Waals surface area contributed by atoms with E-state index in [4.69, 9.17) is 0 Å². The van der Waals surface area contributed by atoms with Gasteiger partial charge in [0.2, 0.25) is 0 Å². The lowest BCUT2D eigenvalue weighted by atomic mass is 9.95. The van der Waals surface area contributed by atoms with E-state index < -0.39 is 40.7 Å². The first kappa shape index (κ1) is 27.4. The summed E-state index contributed by atoms with van der Waals surface area (Å²) in [6.07, 6.45) is -1.93. The molecular formula is C29H21F6N3O. The first-order valence-electron chi connectivity index (χ1n) is 11.5. The largest absolute Gasteiger partial charge is 0.417 e. The van der Waals surface area contributed by atoms with Crippen LogP contribution in [0.15, 0.2) is 79.4 Å². The number of nitrogens with zero attached hydrogens (tertiary/aromatic N) is 2. The van der Waals surface area contributed by atoms with Crippen molar-refractivity contribution in [1.29, 1.82) is 0 Å². The minimum absolute atomic E-state index is 0.0932. The summed E-state index contributed by atoms with van der Waals surface area (Å²) in [7, 11) is 1.55. The Morgan fingerprint density at radius 3 is 2.36 bits per heavy atom. The average Bonchev–Trinajstić information content (AvgIpc) is 3.18. The molecule has 4 nitrogen and oxygen atoms in total. The SMILES string of the molecule is C=C/C=C(/c1ccc(C(F)(F)F)c(C(=O)Nc2ccc(F)cc2)c1)c1c(C)nc(-c2cccc(F)c2F)n1C. The highest BCUT2D eigenvalue weighted by Gasteiger charge is 2.36. The van der Waals surface area contributed by atoms with Gasteiger partial charge >= 0.3 is 6.18 Å². The van der Waals surface area contributed by atoms with E-state index in [-0.39, 0.29) is 22.6 Å². The molecule has 3 aromatic carbocycles. The van der Waals surface area contributed by atoms with Gasteiger partial charge in [-0.25, -0.2) is 18.2 Å². The van der Waals surface area contributed by atoms with Crippen molar-refractivity contribution in [3.8, 4) is 11.4 Å². The highest BCUT2D eigenvalue weighted by Crippen LogP contribution is 2.37. The number of amides is 1. The molecule has 1 aromatic heterocycles. The van der Waals surface area contributed by atoms with Crippen molar-refractivity contribution < 1.29 is 31.1 Å². The van der Waals surface area contributed by atoms with Crippen molar-refractivity contribution in [2.75, 3.05) is 5.32 Å². The fraction of sp³-hybridized carbons (Fsp3) is 0.103. The lowest BCUT2D eigenvalue weighted by Crippen LogP contribution is -2.19. The van der Waals surface area contributed by atoms with Crippen LogP contribution in [0.3, 0.4) is 0 Å². The number of benzene rings is 3. The first-order chi connectivity index (χ1) is 18.4. The van der Waals surface area contributed by atoms with Gasteiger partial charge in [0.25, 0.3) is 5.91 Å². The summed E-state index contributed by atoms with van der Waals surface area (Å²) in [6, 6.07) is 11.3. The Labute approximate surface area is 219 Å². The molecule has 0 saturated carbocycles. The first-order valence-corrected chi connectivity index (χ1v) is 11.5. The number of nitrogens with one attached hydrogen (secondary N) is 1. The fourth-order valence-corrected chi connectivity index (χ4v) is 4.24. The maximum atomic E-state index is 14.5.